The van der Waals surface area contributed by atoms with Crippen molar-refractivity contribution >= 4 is 17.4 Å². The highest BCUT2D eigenvalue weighted by Crippen LogP contribution is 2.25. The fourth-order valence-corrected chi connectivity index (χ4v) is 2.75. The maximum atomic E-state index is 12.6. The van der Waals surface area contributed by atoms with E-state index >= 15 is 0 Å². The normalized spacial score (nSPS) is 10.8. The molecule has 26 heavy (non-hydrogen) atoms. The SMILES string of the molecule is COc1cccc(-c2cc(NC(=O)c3ccn4ccnc4c3)n(C)n2)c1. The summed E-state index contributed by atoms with van der Waals surface area (Å²) in [5.41, 5.74) is 2.93. The summed E-state index contributed by atoms with van der Waals surface area (Å²) >= 11 is 0. The van der Waals surface area contributed by atoms with Crippen LogP contribution in [0.15, 0.2) is 61.1 Å². The van der Waals surface area contributed by atoms with Crippen molar-refractivity contribution < 1.29 is 9.53 Å². The molecular formula is C19H17N5O2. The summed E-state index contributed by atoms with van der Waals surface area (Å²) in [6, 6.07) is 13.0. The maximum absolute atomic E-state index is 12.6. The molecule has 7 nitrogen and oxygen atoms in total. The molecule has 0 aliphatic carbocycles. The number of carbonyl (C=O) groups is 1. The van der Waals surface area contributed by atoms with Crippen LogP contribution in [-0.2, 0) is 7.05 Å². The maximum Gasteiger partial charge on any atom is 0.256 e. The number of hydrogen-bond acceptors (Lipinski definition) is 4. The molecule has 7 heteroatoms. The van der Waals surface area contributed by atoms with Gasteiger partial charge < -0.3 is 14.5 Å². The van der Waals surface area contributed by atoms with Gasteiger partial charge in [0.15, 0.2) is 0 Å². The molecule has 0 spiro atoms. The van der Waals surface area contributed by atoms with E-state index in [9.17, 15) is 4.79 Å². The van der Waals surface area contributed by atoms with Crippen LogP contribution in [0.3, 0.4) is 0 Å². The third kappa shape index (κ3) is 2.90. The van der Waals surface area contributed by atoms with Gasteiger partial charge >= 0.3 is 0 Å². The number of benzene rings is 1. The fourth-order valence-electron chi connectivity index (χ4n) is 2.75. The Balaban J connectivity index is 1.59. The van der Waals surface area contributed by atoms with Gasteiger partial charge in [0.05, 0.1) is 12.8 Å². The Morgan fingerprint density at radius 1 is 1.15 bits per heavy atom. The second-order valence-electron chi connectivity index (χ2n) is 5.83. The number of hydrogen-bond donors (Lipinski definition) is 1. The summed E-state index contributed by atoms with van der Waals surface area (Å²) < 4.78 is 8.74. The number of rotatable bonds is 4. The Kier molecular flexibility index (Phi) is 3.89. The number of ether oxygens (including phenoxy) is 1. The molecule has 1 aromatic carbocycles. The molecule has 0 saturated carbocycles. The molecule has 0 unspecified atom stereocenters. The van der Waals surface area contributed by atoms with Crippen LogP contribution < -0.4 is 10.1 Å². The molecule has 0 saturated heterocycles. The van der Waals surface area contributed by atoms with Gasteiger partial charge in [-0.25, -0.2) is 4.98 Å². The van der Waals surface area contributed by atoms with Crippen molar-refractivity contribution in [2.45, 2.75) is 0 Å². The number of anilines is 1. The Morgan fingerprint density at radius 2 is 2.04 bits per heavy atom. The zero-order valence-corrected chi connectivity index (χ0v) is 14.4. The van der Waals surface area contributed by atoms with Crippen LogP contribution in [0.25, 0.3) is 16.9 Å². The molecule has 130 valence electrons. The first-order chi connectivity index (χ1) is 12.6. The molecule has 4 rings (SSSR count). The van der Waals surface area contributed by atoms with E-state index in [0.29, 0.717) is 11.4 Å². The van der Waals surface area contributed by atoms with E-state index in [4.69, 9.17) is 4.74 Å². The molecule has 0 aliphatic rings. The Labute approximate surface area is 149 Å². The molecule has 0 radical (unpaired) electrons. The average molecular weight is 347 g/mol. The van der Waals surface area contributed by atoms with E-state index in [0.717, 1.165) is 22.7 Å². The van der Waals surface area contributed by atoms with Crippen molar-refractivity contribution in [1.29, 1.82) is 0 Å². The summed E-state index contributed by atoms with van der Waals surface area (Å²) in [6.07, 6.45) is 5.33. The molecule has 0 atom stereocenters. The Morgan fingerprint density at radius 3 is 2.88 bits per heavy atom. The minimum absolute atomic E-state index is 0.212. The van der Waals surface area contributed by atoms with E-state index in [2.05, 4.69) is 15.4 Å². The van der Waals surface area contributed by atoms with Gasteiger partial charge in [0.2, 0.25) is 0 Å². The number of aryl methyl sites for hydroxylation is 1. The predicted octanol–water partition coefficient (Wildman–Crippen LogP) is 3.00. The van der Waals surface area contributed by atoms with Crippen molar-refractivity contribution in [2.75, 3.05) is 12.4 Å². The van der Waals surface area contributed by atoms with Gasteiger partial charge in [-0.15, -0.1) is 0 Å². The lowest BCUT2D eigenvalue weighted by Crippen LogP contribution is -2.14. The van der Waals surface area contributed by atoms with E-state index in [-0.39, 0.29) is 5.91 Å². The molecule has 3 aromatic heterocycles. The lowest BCUT2D eigenvalue weighted by Gasteiger charge is -2.05. The summed E-state index contributed by atoms with van der Waals surface area (Å²) in [5.74, 6) is 1.15. The van der Waals surface area contributed by atoms with Crippen molar-refractivity contribution in [3.05, 3.63) is 66.6 Å². The minimum atomic E-state index is -0.212. The second-order valence-corrected chi connectivity index (χ2v) is 5.83. The number of nitrogens with one attached hydrogen (secondary N) is 1. The first kappa shape index (κ1) is 15.9. The number of aromatic nitrogens is 4. The third-order valence-corrected chi connectivity index (χ3v) is 4.15. The number of amides is 1. The Bertz CT molecular complexity index is 1100. The zero-order chi connectivity index (χ0) is 18.1. The standard InChI is InChI=1S/C19H17N5O2/c1-23-18(12-16(22-23)13-4-3-5-15(10-13)26-2)21-19(25)14-6-8-24-9-7-20-17(24)11-14/h3-12H,1-2H3,(H,21,25). The first-order valence-corrected chi connectivity index (χ1v) is 8.06. The molecule has 3 heterocycles. The van der Waals surface area contributed by atoms with Gasteiger partial charge in [-0.3, -0.25) is 9.48 Å². The number of fused-ring (bicyclic) bond motifs is 1. The number of pyridine rings is 1. The van der Waals surface area contributed by atoms with Gasteiger partial charge in [-0.05, 0) is 24.3 Å². The lowest BCUT2D eigenvalue weighted by atomic mass is 10.1. The van der Waals surface area contributed by atoms with Gasteiger partial charge in [0, 0.05) is 42.8 Å². The fraction of sp³-hybridized carbons (Fsp3) is 0.105. The van der Waals surface area contributed by atoms with Crippen LogP contribution in [0.5, 0.6) is 5.75 Å². The monoisotopic (exact) mass is 347 g/mol. The van der Waals surface area contributed by atoms with Gasteiger partial charge in [-0.2, -0.15) is 5.10 Å². The molecule has 1 amide bonds. The number of imidazole rings is 1. The summed E-state index contributed by atoms with van der Waals surface area (Å²) in [6.45, 7) is 0. The van der Waals surface area contributed by atoms with Gasteiger partial charge in [0.25, 0.3) is 5.91 Å². The molecule has 1 N–H and O–H groups in total. The van der Waals surface area contributed by atoms with Crippen LogP contribution >= 0.6 is 0 Å². The van der Waals surface area contributed by atoms with Crippen LogP contribution in [-0.4, -0.2) is 32.2 Å². The molecule has 0 bridgehead atoms. The number of nitrogens with zero attached hydrogens (tertiary/aromatic N) is 4. The summed E-state index contributed by atoms with van der Waals surface area (Å²) in [4.78, 5) is 16.8. The van der Waals surface area contributed by atoms with Crippen molar-refractivity contribution in [3.63, 3.8) is 0 Å². The van der Waals surface area contributed by atoms with Crippen LogP contribution in [0.4, 0.5) is 5.82 Å². The third-order valence-electron chi connectivity index (χ3n) is 4.15. The topological polar surface area (TPSA) is 73.4 Å². The Hall–Kier alpha value is -3.61. The van der Waals surface area contributed by atoms with Crippen LogP contribution in [0.1, 0.15) is 10.4 Å². The van der Waals surface area contributed by atoms with Gasteiger partial charge in [-0.1, -0.05) is 12.1 Å². The average Bonchev–Trinajstić information content (AvgIpc) is 3.28. The highest BCUT2D eigenvalue weighted by atomic mass is 16.5. The molecule has 0 aliphatic heterocycles. The quantitative estimate of drug-likeness (QED) is 0.616. The predicted molar refractivity (Wildman–Crippen MR) is 98.3 cm³/mol. The molecule has 0 fully saturated rings. The number of methoxy groups -OCH3 is 1. The number of carbonyl (C=O) groups excluding carboxylic acids is 1. The first-order valence-electron chi connectivity index (χ1n) is 8.06. The van der Waals surface area contributed by atoms with Crippen molar-refractivity contribution in [2.24, 2.45) is 7.05 Å². The van der Waals surface area contributed by atoms with E-state index < -0.39 is 0 Å². The summed E-state index contributed by atoms with van der Waals surface area (Å²) in [7, 11) is 3.41. The van der Waals surface area contributed by atoms with E-state index in [1.54, 1.807) is 37.2 Å². The molecule has 4 aromatic rings. The van der Waals surface area contributed by atoms with Crippen molar-refractivity contribution in [1.82, 2.24) is 19.2 Å². The largest absolute Gasteiger partial charge is 0.497 e. The highest BCUT2D eigenvalue weighted by Gasteiger charge is 2.13. The van der Waals surface area contributed by atoms with Crippen LogP contribution in [0.2, 0.25) is 0 Å². The van der Waals surface area contributed by atoms with Gasteiger partial charge in [0.1, 0.15) is 17.2 Å². The smallest absolute Gasteiger partial charge is 0.256 e. The highest BCUT2D eigenvalue weighted by molar-refractivity contribution is 6.04. The van der Waals surface area contributed by atoms with E-state index in [1.165, 1.54) is 0 Å². The van der Waals surface area contributed by atoms with E-state index in [1.807, 2.05) is 47.1 Å². The summed E-state index contributed by atoms with van der Waals surface area (Å²) in [5, 5.41) is 7.37. The zero-order valence-electron chi connectivity index (χ0n) is 14.4. The minimum Gasteiger partial charge on any atom is -0.497 e. The lowest BCUT2D eigenvalue weighted by molar-refractivity contribution is 0.102. The van der Waals surface area contributed by atoms with Crippen molar-refractivity contribution in [3.8, 4) is 17.0 Å². The molecular weight excluding hydrogens is 330 g/mol. The second kappa shape index (κ2) is 6.36. The van der Waals surface area contributed by atoms with Crippen LogP contribution in [0, 0.1) is 0 Å².